The topological polar surface area (TPSA) is 39.2 Å². The van der Waals surface area contributed by atoms with Gasteiger partial charge in [0.2, 0.25) is 5.60 Å². The first kappa shape index (κ1) is 28.2. The first-order valence-electron chi connectivity index (χ1n) is 10.5. The number of alkyl halides is 9. The van der Waals surface area contributed by atoms with Gasteiger partial charge in [-0.15, -0.1) is 0 Å². The number of ketones is 1. The summed E-state index contributed by atoms with van der Waals surface area (Å²) in [5, 5.41) is 0. The molecule has 3 rings (SSSR count). The first-order chi connectivity index (χ1) is 17.1. The molecule has 0 radical (unpaired) electrons. The highest BCUT2D eigenvalue weighted by molar-refractivity contribution is 5.90. The lowest BCUT2D eigenvalue weighted by atomic mass is 9.80. The van der Waals surface area contributed by atoms with Gasteiger partial charge in [-0.25, -0.2) is 0 Å². The fourth-order valence-electron chi connectivity index (χ4n) is 4.04. The lowest BCUT2D eigenvalue weighted by Gasteiger charge is -2.34. The number of hydrogen-bond donors (Lipinski definition) is 0. The molecule has 2 aromatic carbocycles. The Morgan fingerprint density at radius 3 is 1.86 bits per heavy atom. The van der Waals surface area contributed by atoms with Crippen molar-refractivity contribution in [2.75, 3.05) is 7.11 Å². The van der Waals surface area contributed by atoms with E-state index in [-0.39, 0.29) is 5.56 Å². The largest absolute Gasteiger partial charge is 0.428 e. The third kappa shape index (κ3) is 5.63. The van der Waals surface area contributed by atoms with Crippen LogP contribution in [0.5, 0.6) is 0 Å². The number of rotatable bonds is 7. The molecular weight excluding hydrogens is 517 g/mol. The van der Waals surface area contributed by atoms with E-state index >= 15 is 0 Å². The maximum atomic E-state index is 14.4. The fourth-order valence-corrected chi connectivity index (χ4v) is 4.04. The lowest BCUT2D eigenvalue weighted by Crippen LogP contribution is -2.51. The van der Waals surface area contributed by atoms with Crippen LogP contribution in [0.15, 0.2) is 72.9 Å². The Hall–Kier alpha value is -3.41. The minimum absolute atomic E-state index is 0.272. The molecule has 2 atom stereocenters. The molecule has 0 aliphatic carbocycles. The summed E-state index contributed by atoms with van der Waals surface area (Å²) in [4.78, 5) is 17.0. The van der Waals surface area contributed by atoms with Crippen LogP contribution in [-0.2, 0) is 27.5 Å². The van der Waals surface area contributed by atoms with E-state index in [0.29, 0.717) is 25.3 Å². The van der Waals surface area contributed by atoms with Crippen molar-refractivity contribution in [3.8, 4) is 0 Å². The number of carbonyl (C=O) groups excluding carboxylic acids is 1. The van der Waals surface area contributed by atoms with E-state index < -0.39 is 64.6 Å². The highest BCUT2D eigenvalue weighted by Gasteiger charge is 2.62. The van der Waals surface area contributed by atoms with Crippen LogP contribution in [0.2, 0.25) is 0 Å². The van der Waals surface area contributed by atoms with Crippen LogP contribution >= 0.6 is 0 Å². The Balaban J connectivity index is 2.20. The van der Waals surface area contributed by atoms with Gasteiger partial charge in [0.1, 0.15) is 0 Å². The van der Waals surface area contributed by atoms with Crippen molar-refractivity contribution in [1.82, 2.24) is 4.98 Å². The molecule has 0 unspecified atom stereocenters. The van der Waals surface area contributed by atoms with E-state index in [4.69, 9.17) is 4.74 Å². The van der Waals surface area contributed by atoms with Gasteiger partial charge in [-0.2, -0.15) is 39.5 Å². The third-order valence-electron chi connectivity index (χ3n) is 5.78. The second kappa shape index (κ2) is 10.2. The van der Waals surface area contributed by atoms with Crippen molar-refractivity contribution in [3.63, 3.8) is 0 Å². The van der Waals surface area contributed by atoms with E-state index in [2.05, 4.69) is 4.98 Å². The minimum Gasteiger partial charge on any atom is -0.358 e. The normalized spacial score (nSPS) is 15.2. The molecule has 0 aliphatic rings. The molecule has 0 N–H and O–H groups in total. The molecule has 0 saturated heterocycles. The van der Waals surface area contributed by atoms with E-state index in [1.165, 1.54) is 18.2 Å². The summed E-state index contributed by atoms with van der Waals surface area (Å²) < 4.78 is 128. The van der Waals surface area contributed by atoms with E-state index in [1.54, 1.807) is 0 Å². The summed E-state index contributed by atoms with van der Waals surface area (Å²) in [5.74, 6) is -3.44. The van der Waals surface area contributed by atoms with Gasteiger partial charge in [0, 0.05) is 31.2 Å². The van der Waals surface area contributed by atoms with Crippen molar-refractivity contribution in [3.05, 3.63) is 101 Å². The number of carbonyl (C=O) groups is 1. The summed E-state index contributed by atoms with van der Waals surface area (Å²) in [6.45, 7) is 0. The second-order valence-electron chi connectivity index (χ2n) is 7.98. The summed E-state index contributed by atoms with van der Waals surface area (Å²) in [7, 11) is 0.632. The molecule has 12 heteroatoms. The molecule has 0 saturated carbocycles. The summed E-state index contributed by atoms with van der Waals surface area (Å²) in [5.41, 5.74) is -7.73. The zero-order chi connectivity index (χ0) is 27.6. The molecular formula is C25H18F9NO2. The SMILES string of the molecule is CO[C@@](C(=O)C[C@@H](c1ccc(C(F)(F)F)cc1)c1ncccc1C(F)(F)F)(c1ccccc1)C(F)(F)F. The number of hydrogen-bond acceptors (Lipinski definition) is 3. The maximum absolute atomic E-state index is 14.4. The van der Waals surface area contributed by atoms with Crippen LogP contribution in [0, 0.1) is 0 Å². The van der Waals surface area contributed by atoms with Crippen LogP contribution in [0.1, 0.15) is 40.3 Å². The molecule has 3 aromatic rings. The molecule has 0 bridgehead atoms. The smallest absolute Gasteiger partial charge is 0.358 e. The Bertz CT molecular complexity index is 1220. The number of halogens is 9. The van der Waals surface area contributed by atoms with Gasteiger partial charge < -0.3 is 4.74 Å². The molecule has 0 aliphatic heterocycles. The lowest BCUT2D eigenvalue weighted by molar-refractivity contribution is -0.264. The highest BCUT2D eigenvalue weighted by Crippen LogP contribution is 2.46. The summed E-state index contributed by atoms with van der Waals surface area (Å²) in [6.07, 6.45) is -15.4. The molecule has 1 aromatic heterocycles. The Labute approximate surface area is 204 Å². The van der Waals surface area contributed by atoms with Crippen LogP contribution in [-0.4, -0.2) is 24.1 Å². The Morgan fingerprint density at radius 1 is 0.784 bits per heavy atom. The number of pyridine rings is 1. The highest BCUT2D eigenvalue weighted by atomic mass is 19.4. The molecule has 198 valence electrons. The minimum atomic E-state index is -5.33. The van der Waals surface area contributed by atoms with Gasteiger partial charge in [0.15, 0.2) is 5.78 Å². The van der Waals surface area contributed by atoms with Gasteiger partial charge >= 0.3 is 18.5 Å². The van der Waals surface area contributed by atoms with Crippen molar-refractivity contribution in [1.29, 1.82) is 0 Å². The van der Waals surface area contributed by atoms with Crippen LogP contribution < -0.4 is 0 Å². The monoisotopic (exact) mass is 535 g/mol. The van der Waals surface area contributed by atoms with Gasteiger partial charge in [0.05, 0.1) is 16.8 Å². The number of ether oxygens (including phenoxy) is 1. The van der Waals surface area contributed by atoms with Gasteiger partial charge in [-0.1, -0.05) is 42.5 Å². The van der Waals surface area contributed by atoms with Gasteiger partial charge in [-0.05, 0) is 29.8 Å². The van der Waals surface area contributed by atoms with Crippen molar-refractivity contribution >= 4 is 5.78 Å². The molecule has 1 heterocycles. The van der Waals surface area contributed by atoms with Gasteiger partial charge in [-0.3, -0.25) is 9.78 Å². The first-order valence-corrected chi connectivity index (χ1v) is 10.5. The Morgan fingerprint density at radius 2 is 1.38 bits per heavy atom. The Kier molecular flexibility index (Phi) is 7.73. The number of aromatic nitrogens is 1. The van der Waals surface area contributed by atoms with Crippen LogP contribution in [0.3, 0.4) is 0 Å². The van der Waals surface area contributed by atoms with E-state index in [9.17, 15) is 44.3 Å². The fraction of sp³-hybridized carbons (Fsp3) is 0.280. The molecule has 0 fully saturated rings. The number of nitrogens with zero attached hydrogens (tertiary/aromatic N) is 1. The third-order valence-corrected chi connectivity index (χ3v) is 5.78. The van der Waals surface area contributed by atoms with Crippen molar-refractivity contribution < 1.29 is 49.0 Å². The number of methoxy groups -OCH3 is 1. The standard InChI is InChI=1S/C25H18F9NO2/c1-37-22(25(32,33)34,16-6-3-2-4-7-16)20(36)14-18(15-9-11-17(12-10-15)23(26,27)28)21-19(24(29,30)31)8-5-13-35-21/h2-13,18H,14H2,1H3/t18-,22+/m0/s1. The summed E-state index contributed by atoms with van der Waals surface area (Å²) in [6, 6.07) is 10.1. The maximum Gasteiger partial charge on any atom is 0.428 e. The number of Topliss-reactive ketones (excluding diaryl/α,β-unsaturated/α-hetero) is 1. The average Bonchev–Trinajstić information content (AvgIpc) is 2.82. The quantitative estimate of drug-likeness (QED) is 0.298. The van der Waals surface area contributed by atoms with E-state index in [0.717, 1.165) is 36.5 Å². The molecule has 0 amide bonds. The van der Waals surface area contributed by atoms with Crippen LogP contribution in [0.4, 0.5) is 39.5 Å². The van der Waals surface area contributed by atoms with Crippen LogP contribution in [0.25, 0.3) is 0 Å². The van der Waals surface area contributed by atoms with E-state index in [1.807, 2.05) is 0 Å². The predicted molar refractivity (Wildman–Crippen MR) is 113 cm³/mol. The zero-order valence-corrected chi connectivity index (χ0v) is 18.9. The molecule has 0 spiro atoms. The molecule has 3 nitrogen and oxygen atoms in total. The zero-order valence-electron chi connectivity index (χ0n) is 18.9. The van der Waals surface area contributed by atoms with Crippen molar-refractivity contribution in [2.45, 2.75) is 36.5 Å². The second-order valence-corrected chi connectivity index (χ2v) is 7.98. The number of benzene rings is 2. The average molecular weight is 535 g/mol. The summed E-state index contributed by atoms with van der Waals surface area (Å²) >= 11 is 0. The predicted octanol–water partition coefficient (Wildman–Crippen LogP) is 7.31. The molecule has 37 heavy (non-hydrogen) atoms. The van der Waals surface area contributed by atoms with Crippen molar-refractivity contribution in [2.24, 2.45) is 0 Å². The van der Waals surface area contributed by atoms with Gasteiger partial charge in [0.25, 0.3) is 0 Å².